The summed E-state index contributed by atoms with van der Waals surface area (Å²) >= 11 is 0. The number of anilines is 2. The van der Waals surface area contributed by atoms with Crippen LogP contribution in [-0.4, -0.2) is 62.9 Å². The predicted octanol–water partition coefficient (Wildman–Crippen LogP) is 3.73. The average molecular weight is 438 g/mol. The van der Waals surface area contributed by atoms with Crippen molar-refractivity contribution in [2.75, 3.05) is 45.3 Å². The number of carbonyl (C=O) groups is 1. The maximum Gasteiger partial charge on any atom is 0.246 e. The Hall–Kier alpha value is -2.41. The molecule has 0 aromatic heterocycles. The van der Waals surface area contributed by atoms with E-state index in [0.29, 0.717) is 6.54 Å². The molecule has 6 nitrogen and oxygen atoms in total. The Morgan fingerprint density at radius 1 is 1.09 bits per heavy atom. The number of likely N-dealkylation sites (tertiary alicyclic amines) is 1. The molecule has 2 saturated heterocycles. The van der Waals surface area contributed by atoms with Crippen LogP contribution in [0.4, 0.5) is 11.4 Å². The highest BCUT2D eigenvalue weighted by atomic mass is 16.5. The molecule has 32 heavy (non-hydrogen) atoms. The summed E-state index contributed by atoms with van der Waals surface area (Å²) in [5.41, 5.74) is 3.72. The molecule has 2 aliphatic heterocycles. The SMILES string of the molecule is COCC(=O)NCC1CCC2(CCN(Cc3ccc(N(C)c4ccccc4)cc3)CC2)O1. The van der Waals surface area contributed by atoms with Crippen molar-refractivity contribution in [1.29, 1.82) is 0 Å². The van der Waals surface area contributed by atoms with Gasteiger partial charge >= 0.3 is 0 Å². The molecule has 6 heteroatoms. The number of amides is 1. The summed E-state index contributed by atoms with van der Waals surface area (Å²) < 4.78 is 11.3. The summed E-state index contributed by atoms with van der Waals surface area (Å²) in [5, 5.41) is 2.91. The van der Waals surface area contributed by atoms with Gasteiger partial charge in [-0.3, -0.25) is 9.69 Å². The highest BCUT2D eigenvalue weighted by Crippen LogP contribution is 2.39. The van der Waals surface area contributed by atoms with Crippen LogP contribution in [-0.2, 0) is 20.8 Å². The average Bonchev–Trinajstić information content (AvgIpc) is 3.23. The summed E-state index contributed by atoms with van der Waals surface area (Å²) in [6.07, 6.45) is 4.35. The molecular formula is C26H35N3O3. The van der Waals surface area contributed by atoms with Gasteiger partial charge in [0, 0.05) is 51.7 Å². The molecule has 1 N–H and O–H groups in total. The van der Waals surface area contributed by atoms with E-state index in [1.54, 1.807) is 0 Å². The van der Waals surface area contributed by atoms with E-state index in [1.807, 2.05) is 6.07 Å². The molecule has 2 fully saturated rings. The van der Waals surface area contributed by atoms with Gasteiger partial charge in [0.2, 0.25) is 5.91 Å². The minimum atomic E-state index is -0.0761. The Balaban J connectivity index is 1.23. The molecule has 1 spiro atoms. The molecule has 2 aromatic carbocycles. The minimum absolute atomic E-state index is 0.00456. The Labute approximate surface area is 191 Å². The van der Waals surface area contributed by atoms with Crippen molar-refractivity contribution in [3.05, 3.63) is 60.2 Å². The molecule has 0 aliphatic carbocycles. The topological polar surface area (TPSA) is 54.0 Å². The van der Waals surface area contributed by atoms with Gasteiger partial charge in [-0.2, -0.15) is 0 Å². The largest absolute Gasteiger partial charge is 0.375 e. The van der Waals surface area contributed by atoms with Crippen LogP contribution in [0.5, 0.6) is 0 Å². The van der Waals surface area contributed by atoms with Crippen molar-refractivity contribution in [1.82, 2.24) is 10.2 Å². The fourth-order valence-electron chi connectivity index (χ4n) is 4.82. The van der Waals surface area contributed by atoms with E-state index >= 15 is 0 Å². The normalized spacial score (nSPS) is 20.4. The maximum atomic E-state index is 11.6. The Kier molecular flexibility index (Phi) is 7.45. The Morgan fingerprint density at radius 3 is 2.47 bits per heavy atom. The second-order valence-electron chi connectivity index (χ2n) is 9.04. The lowest BCUT2D eigenvalue weighted by atomic mass is 9.88. The summed E-state index contributed by atoms with van der Waals surface area (Å²) in [6, 6.07) is 19.3. The number of para-hydroxylation sites is 1. The van der Waals surface area contributed by atoms with Crippen LogP contribution >= 0.6 is 0 Å². The standard InChI is InChI=1S/C26H35N3O3/c1-28(22-6-4-3-5-7-22)23-10-8-21(9-11-23)19-29-16-14-26(15-17-29)13-12-24(32-26)18-27-25(30)20-31-2/h3-11,24H,12-20H2,1-2H3,(H,27,30). The molecule has 2 heterocycles. The van der Waals surface area contributed by atoms with Crippen molar-refractivity contribution in [2.24, 2.45) is 0 Å². The van der Waals surface area contributed by atoms with Gasteiger partial charge in [-0.05, 0) is 55.5 Å². The molecule has 172 valence electrons. The van der Waals surface area contributed by atoms with Gasteiger partial charge in [-0.1, -0.05) is 30.3 Å². The zero-order chi connectivity index (χ0) is 22.4. The van der Waals surface area contributed by atoms with Crippen LogP contribution < -0.4 is 10.2 Å². The molecule has 0 radical (unpaired) electrons. The molecule has 2 aliphatic rings. The van der Waals surface area contributed by atoms with Gasteiger partial charge in [0.15, 0.2) is 0 Å². The third-order valence-electron chi connectivity index (χ3n) is 6.78. The number of piperidine rings is 1. The zero-order valence-corrected chi connectivity index (χ0v) is 19.3. The van der Waals surface area contributed by atoms with E-state index in [2.05, 4.69) is 70.7 Å². The van der Waals surface area contributed by atoms with Crippen molar-refractivity contribution < 1.29 is 14.3 Å². The lowest BCUT2D eigenvalue weighted by Gasteiger charge is -2.39. The van der Waals surface area contributed by atoms with Crippen LogP contribution in [0.3, 0.4) is 0 Å². The smallest absolute Gasteiger partial charge is 0.246 e. The number of ether oxygens (including phenoxy) is 2. The lowest BCUT2D eigenvalue weighted by Crippen LogP contribution is -2.45. The number of nitrogens with zero attached hydrogens (tertiary/aromatic N) is 2. The first-order valence-corrected chi connectivity index (χ1v) is 11.6. The van der Waals surface area contributed by atoms with Gasteiger partial charge < -0.3 is 19.7 Å². The first kappa shape index (κ1) is 22.8. The lowest BCUT2D eigenvalue weighted by molar-refractivity contribution is -0.126. The Morgan fingerprint density at radius 2 is 1.78 bits per heavy atom. The van der Waals surface area contributed by atoms with Crippen molar-refractivity contribution in [3.8, 4) is 0 Å². The molecule has 0 saturated carbocycles. The van der Waals surface area contributed by atoms with Crippen molar-refractivity contribution in [2.45, 2.75) is 43.9 Å². The number of benzene rings is 2. The summed E-state index contributed by atoms with van der Waals surface area (Å²) in [6.45, 7) is 3.76. The van der Waals surface area contributed by atoms with Gasteiger partial charge in [0.1, 0.15) is 6.61 Å². The predicted molar refractivity (Wildman–Crippen MR) is 127 cm³/mol. The Bertz CT molecular complexity index is 864. The van der Waals surface area contributed by atoms with E-state index < -0.39 is 0 Å². The third kappa shape index (κ3) is 5.68. The number of hydrogen-bond acceptors (Lipinski definition) is 5. The molecular weight excluding hydrogens is 402 g/mol. The van der Waals surface area contributed by atoms with E-state index in [1.165, 1.54) is 24.0 Å². The van der Waals surface area contributed by atoms with Crippen molar-refractivity contribution >= 4 is 17.3 Å². The van der Waals surface area contributed by atoms with Crippen molar-refractivity contribution in [3.63, 3.8) is 0 Å². The fraction of sp³-hybridized carbons (Fsp3) is 0.500. The number of rotatable bonds is 8. The number of carbonyl (C=O) groups excluding carboxylic acids is 1. The zero-order valence-electron chi connectivity index (χ0n) is 19.3. The molecule has 1 amide bonds. The highest BCUT2D eigenvalue weighted by Gasteiger charge is 2.42. The highest BCUT2D eigenvalue weighted by molar-refractivity contribution is 5.77. The molecule has 1 atom stereocenters. The van der Waals surface area contributed by atoms with Crippen LogP contribution in [0.25, 0.3) is 0 Å². The van der Waals surface area contributed by atoms with Crippen LogP contribution in [0, 0.1) is 0 Å². The van der Waals surface area contributed by atoms with E-state index in [4.69, 9.17) is 9.47 Å². The van der Waals surface area contributed by atoms with E-state index in [-0.39, 0.29) is 24.2 Å². The first-order chi connectivity index (χ1) is 15.6. The monoisotopic (exact) mass is 437 g/mol. The van der Waals surface area contributed by atoms with Gasteiger partial charge in [0.25, 0.3) is 0 Å². The third-order valence-corrected chi connectivity index (χ3v) is 6.78. The second-order valence-corrected chi connectivity index (χ2v) is 9.04. The van der Waals surface area contributed by atoms with Crippen LogP contribution in [0.15, 0.2) is 54.6 Å². The molecule has 4 rings (SSSR count). The molecule has 0 bridgehead atoms. The number of methoxy groups -OCH3 is 1. The second kappa shape index (κ2) is 10.5. The van der Waals surface area contributed by atoms with E-state index in [0.717, 1.165) is 45.3 Å². The van der Waals surface area contributed by atoms with Crippen LogP contribution in [0.2, 0.25) is 0 Å². The van der Waals surface area contributed by atoms with Gasteiger partial charge in [0.05, 0.1) is 11.7 Å². The maximum absolute atomic E-state index is 11.6. The quantitative estimate of drug-likeness (QED) is 0.682. The fourth-order valence-corrected chi connectivity index (χ4v) is 4.82. The summed E-state index contributed by atoms with van der Waals surface area (Å²) in [7, 11) is 3.64. The number of hydrogen-bond donors (Lipinski definition) is 1. The molecule has 1 unspecified atom stereocenters. The first-order valence-electron chi connectivity index (χ1n) is 11.6. The number of nitrogens with one attached hydrogen (secondary N) is 1. The van der Waals surface area contributed by atoms with Crippen LogP contribution in [0.1, 0.15) is 31.2 Å². The molecule has 2 aromatic rings. The van der Waals surface area contributed by atoms with E-state index in [9.17, 15) is 4.79 Å². The summed E-state index contributed by atoms with van der Waals surface area (Å²) in [5.74, 6) is -0.0761. The minimum Gasteiger partial charge on any atom is -0.375 e. The summed E-state index contributed by atoms with van der Waals surface area (Å²) in [4.78, 5) is 16.3. The van der Waals surface area contributed by atoms with Gasteiger partial charge in [-0.25, -0.2) is 0 Å². The van der Waals surface area contributed by atoms with Gasteiger partial charge in [-0.15, -0.1) is 0 Å².